The summed E-state index contributed by atoms with van der Waals surface area (Å²) in [5, 5.41) is 6.51. The number of alkyl halides is 3. The van der Waals surface area contributed by atoms with Gasteiger partial charge in [-0.15, -0.1) is 13.2 Å². The lowest BCUT2D eigenvalue weighted by atomic mass is 9.87. The number of halogens is 4. The van der Waals surface area contributed by atoms with Crippen molar-refractivity contribution in [3.63, 3.8) is 0 Å². The van der Waals surface area contributed by atoms with Crippen LogP contribution in [0.15, 0.2) is 65.6 Å². The smallest absolute Gasteiger partial charge is 0.405 e. The number of benzene rings is 3. The van der Waals surface area contributed by atoms with Gasteiger partial charge in [-0.05, 0) is 112 Å². The highest BCUT2D eigenvalue weighted by atomic mass is 19.4. The molecular formula is C40H43F4N5O4. The van der Waals surface area contributed by atoms with Gasteiger partial charge in [0.25, 0.3) is 5.56 Å². The van der Waals surface area contributed by atoms with Gasteiger partial charge in [0, 0.05) is 54.5 Å². The number of aryl methyl sites for hydroxylation is 2. The molecule has 7 rings (SSSR count). The summed E-state index contributed by atoms with van der Waals surface area (Å²) >= 11 is 0. The molecule has 2 N–H and O–H groups in total. The molecule has 4 heterocycles. The van der Waals surface area contributed by atoms with Crippen molar-refractivity contribution >= 4 is 28.3 Å². The molecule has 2 amide bonds. The molecule has 13 heteroatoms. The summed E-state index contributed by atoms with van der Waals surface area (Å²) in [4.78, 5) is 40.9. The van der Waals surface area contributed by atoms with Crippen LogP contribution in [-0.2, 0) is 23.2 Å². The summed E-state index contributed by atoms with van der Waals surface area (Å²) in [5.41, 5.74) is 3.54. The lowest BCUT2D eigenvalue weighted by Crippen LogP contribution is -2.47. The van der Waals surface area contributed by atoms with Gasteiger partial charge < -0.3 is 19.5 Å². The molecule has 9 nitrogen and oxygen atoms in total. The average Bonchev–Trinajstić information content (AvgIpc) is 3.12. The molecule has 3 aliphatic heterocycles. The van der Waals surface area contributed by atoms with E-state index >= 15 is 4.39 Å². The molecular weight excluding hydrogens is 690 g/mol. The quantitative estimate of drug-likeness (QED) is 0.156. The predicted octanol–water partition coefficient (Wildman–Crippen LogP) is 6.61. The molecule has 3 fully saturated rings. The van der Waals surface area contributed by atoms with Crippen LogP contribution >= 0.6 is 0 Å². The van der Waals surface area contributed by atoms with Crippen LogP contribution in [-0.4, -0.2) is 70.8 Å². The summed E-state index contributed by atoms with van der Waals surface area (Å²) in [5.74, 6) is -1.18. The normalized spacial score (nSPS) is 19.8. The van der Waals surface area contributed by atoms with Crippen molar-refractivity contribution in [1.82, 2.24) is 19.7 Å². The number of rotatable bonds is 8. The van der Waals surface area contributed by atoms with Gasteiger partial charge in [-0.25, -0.2) is 4.39 Å². The number of carbonyl (C=O) groups excluding carboxylic acids is 2. The van der Waals surface area contributed by atoms with E-state index < -0.39 is 18.3 Å². The summed E-state index contributed by atoms with van der Waals surface area (Å²) in [6.07, 6.45) is 0.757. The molecule has 0 saturated carbocycles. The first-order valence-corrected chi connectivity index (χ1v) is 18.2. The summed E-state index contributed by atoms with van der Waals surface area (Å²) in [7, 11) is 1.63. The summed E-state index contributed by atoms with van der Waals surface area (Å²) in [6, 6.07) is 15.1. The standard InChI is InChI=1S/C40H43F4N5O4/c1-24-3-7-31-32(19-24)33(23-47(2)39(31)52)26-4-5-27(36(20-26)53-40(42,43)44)22-48-15-13-29(14-16-48)49-17-11-25(12-18-49)30-8-6-28(21-34(30)41)45-35-9-10-37(50)46-38(35)51/h3-8,19-21,23,25,29,35,45H,9-18,22H2,1-2H3,(H,46,50,51). The Bertz CT molecular complexity index is 2080. The molecule has 3 saturated heterocycles. The third kappa shape index (κ3) is 8.26. The molecule has 1 unspecified atom stereocenters. The van der Waals surface area contributed by atoms with Gasteiger partial charge in [0.1, 0.15) is 17.6 Å². The molecule has 280 valence electrons. The third-order valence-electron chi connectivity index (χ3n) is 11.0. The van der Waals surface area contributed by atoms with E-state index in [0.29, 0.717) is 57.7 Å². The van der Waals surface area contributed by atoms with E-state index in [9.17, 15) is 27.6 Å². The highest BCUT2D eigenvalue weighted by molar-refractivity contribution is 6.01. The minimum absolute atomic E-state index is 0.0776. The lowest BCUT2D eigenvalue weighted by Gasteiger charge is -2.42. The van der Waals surface area contributed by atoms with Crippen LogP contribution in [0.5, 0.6) is 5.75 Å². The fourth-order valence-corrected chi connectivity index (χ4v) is 8.12. The van der Waals surface area contributed by atoms with Gasteiger partial charge in [0.15, 0.2) is 0 Å². The number of pyridine rings is 1. The molecule has 3 aromatic carbocycles. The van der Waals surface area contributed by atoms with Gasteiger partial charge in [0.2, 0.25) is 11.8 Å². The van der Waals surface area contributed by atoms with Crippen LogP contribution in [0.4, 0.5) is 23.2 Å². The molecule has 0 bridgehead atoms. The zero-order valence-corrected chi connectivity index (χ0v) is 29.8. The molecule has 53 heavy (non-hydrogen) atoms. The fourth-order valence-electron chi connectivity index (χ4n) is 8.12. The van der Waals surface area contributed by atoms with Crippen molar-refractivity contribution in [2.45, 2.75) is 76.4 Å². The van der Waals surface area contributed by atoms with Crippen molar-refractivity contribution in [3.05, 3.63) is 93.7 Å². The Morgan fingerprint density at radius 1 is 0.887 bits per heavy atom. The number of carbonyl (C=O) groups is 2. The van der Waals surface area contributed by atoms with Gasteiger partial charge in [-0.2, -0.15) is 0 Å². The summed E-state index contributed by atoms with van der Waals surface area (Å²) < 4.78 is 62.3. The van der Waals surface area contributed by atoms with Crippen LogP contribution in [0.25, 0.3) is 21.9 Å². The highest BCUT2D eigenvalue weighted by Gasteiger charge is 2.34. The van der Waals surface area contributed by atoms with Crippen LogP contribution in [0, 0.1) is 12.7 Å². The Labute approximate surface area is 304 Å². The Hall–Kier alpha value is -4.75. The van der Waals surface area contributed by atoms with Crippen molar-refractivity contribution in [2.75, 3.05) is 31.5 Å². The maximum atomic E-state index is 15.3. The third-order valence-corrected chi connectivity index (χ3v) is 11.0. The SMILES string of the molecule is Cc1ccc2c(=O)n(C)cc(-c3ccc(CN4CCC(N5CCC(c6ccc(NC7CCC(=O)NC7=O)cc6F)CC5)CC4)c(OC(F)(F)F)c3)c2c1. The maximum Gasteiger partial charge on any atom is 0.573 e. The molecule has 1 atom stereocenters. The van der Waals surface area contributed by atoms with E-state index in [4.69, 9.17) is 0 Å². The van der Waals surface area contributed by atoms with Crippen molar-refractivity contribution < 1.29 is 31.9 Å². The monoisotopic (exact) mass is 733 g/mol. The predicted molar refractivity (Wildman–Crippen MR) is 194 cm³/mol. The van der Waals surface area contributed by atoms with E-state index in [0.717, 1.165) is 57.4 Å². The minimum atomic E-state index is -4.87. The van der Waals surface area contributed by atoms with Crippen molar-refractivity contribution in [3.8, 4) is 16.9 Å². The van der Waals surface area contributed by atoms with Crippen molar-refractivity contribution in [2.24, 2.45) is 7.05 Å². The molecule has 0 radical (unpaired) electrons. The number of nitrogens with one attached hydrogen (secondary N) is 2. The van der Waals surface area contributed by atoms with Gasteiger partial charge >= 0.3 is 6.36 Å². The molecule has 0 aliphatic carbocycles. The zero-order chi connectivity index (χ0) is 37.4. The number of fused-ring (bicyclic) bond motifs is 1. The van der Waals surface area contributed by atoms with Gasteiger partial charge in [-0.1, -0.05) is 35.9 Å². The number of nitrogens with zero attached hydrogens (tertiary/aromatic N) is 3. The number of aromatic nitrogens is 1. The van der Waals surface area contributed by atoms with E-state index in [1.54, 1.807) is 43.6 Å². The Kier molecular flexibility index (Phi) is 10.3. The number of hydrogen-bond acceptors (Lipinski definition) is 7. The number of ether oxygens (including phenoxy) is 1. The Morgan fingerprint density at radius 3 is 2.34 bits per heavy atom. The second-order valence-corrected chi connectivity index (χ2v) is 14.6. The second-order valence-electron chi connectivity index (χ2n) is 14.6. The van der Waals surface area contributed by atoms with E-state index in [-0.39, 0.29) is 35.4 Å². The minimum Gasteiger partial charge on any atom is -0.405 e. The highest BCUT2D eigenvalue weighted by Crippen LogP contribution is 2.37. The van der Waals surface area contributed by atoms with E-state index in [1.807, 2.05) is 19.1 Å². The Morgan fingerprint density at radius 2 is 1.64 bits per heavy atom. The number of amides is 2. The van der Waals surface area contributed by atoms with E-state index in [1.165, 1.54) is 16.7 Å². The van der Waals surface area contributed by atoms with Crippen molar-refractivity contribution in [1.29, 1.82) is 0 Å². The molecule has 3 aliphatic rings. The first-order valence-electron chi connectivity index (χ1n) is 18.2. The van der Waals surface area contributed by atoms with Crippen LogP contribution in [0.2, 0.25) is 0 Å². The molecule has 4 aromatic rings. The maximum absolute atomic E-state index is 15.3. The number of hydrogen-bond donors (Lipinski definition) is 2. The van der Waals surface area contributed by atoms with Crippen LogP contribution < -0.4 is 20.9 Å². The van der Waals surface area contributed by atoms with E-state index in [2.05, 4.69) is 25.2 Å². The largest absolute Gasteiger partial charge is 0.573 e. The number of anilines is 1. The van der Waals surface area contributed by atoms with Gasteiger partial charge in [0.05, 0.1) is 0 Å². The lowest BCUT2D eigenvalue weighted by molar-refractivity contribution is -0.275. The average molecular weight is 734 g/mol. The number of likely N-dealkylation sites (tertiary alicyclic amines) is 2. The second kappa shape index (κ2) is 14.9. The molecule has 0 spiro atoms. The Balaban J connectivity index is 0.966. The first kappa shape index (κ1) is 36.6. The zero-order valence-electron chi connectivity index (χ0n) is 29.8. The fraction of sp³-hybridized carbons (Fsp3) is 0.425. The number of imide groups is 1. The van der Waals surface area contributed by atoms with Crippen LogP contribution in [0.1, 0.15) is 61.1 Å². The molecule has 1 aromatic heterocycles. The topological polar surface area (TPSA) is 95.9 Å². The van der Waals surface area contributed by atoms with Crippen LogP contribution in [0.3, 0.4) is 0 Å². The number of piperidine rings is 3. The summed E-state index contributed by atoms with van der Waals surface area (Å²) in [6.45, 7) is 5.31. The van der Waals surface area contributed by atoms with Gasteiger partial charge in [-0.3, -0.25) is 24.6 Å². The first-order chi connectivity index (χ1) is 25.3.